The van der Waals surface area contributed by atoms with Crippen LogP contribution in [0.2, 0.25) is 0 Å². The lowest BCUT2D eigenvalue weighted by atomic mass is 10.3. The lowest BCUT2D eigenvalue weighted by Crippen LogP contribution is -2.11. The number of aldehydes is 1. The maximum absolute atomic E-state index is 10.8. The van der Waals surface area contributed by atoms with E-state index in [9.17, 15) is 14.9 Å². The molecule has 7 heteroatoms. The summed E-state index contributed by atoms with van der Waals surface area (Å²) in [7, 11) is 0. The van der Waals surface area contributed by atoms with Crippen LogP contribution in [0.25, 0.3) is 0 Å². The Labute approximate surface area is 123 Å². The number of benzene rings is 1. The van der Waals surface area contributed by atoms with Crippen molar-refractivity contribution in [1.82, 2.24) is 0 Å². The van der Waals surface area contributed by atoms with Crippen molar-refractivity contribution in [2.45, 2.75) is 12.8 Å². The van der Waals surface area contributed by atoms with E-state index in [1.807, 2.05) is 0 Å². The number of nitrogens with zero attached hydrogens (tertiary/aromatic N) is 1. The van der Waals surface area contributed by atoms with Crippen LogP contribution in [-0.2, 0) is 14.3 Å². The molecule has 116 valence electrons. The summed E-state index contributed by atoms with van der Waals surface area (Å²) in [4.78, 5) is 20.3. The third-order valence-electron chi connectivity index (χ3n) is 2.53. The number of carbonyl (C=O) groups excluding carboxylic acids is 1. The van der Waals surface area contributed by atoms with Gasteiger partial charge in [0.25, 0.3) is 0 Å². The first-order valence-electron chi connectivity index (χ1n) is 6.71. The lowest BCUT2D eigenvalue weighted by molar-refractivity contribution is -0.385. The van der Waals surface area contributed by atoms with Gasteiger partial charge in [-0.25, -0.2) is 0 Å². The van der Waals surface area contributed by atoms with Crippen LogP contribution in [0.4, 0.5) is 5.69 Å². The molecule has 0 N–H and O–H groups in total. The number of rotatable bonds is 12. The van der Waals surface area contributed by atoms with Crippen molar-refractivity contribution in [3.8, 4) is 5.75 Å². The van der Waals surface area contributed by atoms with Gasteiger partial charge in [-0.1, -0.05) is 12.1 Å². The van der Waals surface area contributed by atoms with Gasteiger partial charge in [0.2, 0.25) is 0 Å². The molecule has 0 radical (unpaired) electrons. The van der Waals surface area contributed by atoms with Crippen LogP contribution in [0.3, 0.4) is 0 Å². The molecule has 21 heavy (non-hydrogen) atoms. The topological polar surface area (TPSA) is 87.9 Å². The van der Waals surface area contributed by atoms with Crippen LogP contribution in [0.5, 0.6) is 5.75 Å². The highest BCUT2D eigenvalue weighted by atomic mass is 16.6. The largest absolute Gasteiger partial charge is 0.484 e. The fourth-order valence-electron chi connectivity index (χ4n) is 1.53. The predicted molar refractivity (Wildman–Crippen MR) is 75.5 cm³/mol. The summed E-state index contributed by atoms with van der Waals surface area (Å²) in [6.07, 6.45) is 2.08. The number of hydrogen-bond donors (Lipinski definition) is 0. The molecular formula is C14H19NO6. The molecule has 0 aliphatic heterocycles. The van der Waals surface area contributed by atoms with Gasteiger partial charge < -0.3 is 19.0 Å². The highest BCUT2D eigenvalue weighted by Crippen LogP contribution is 2.25. The average Bonchev–Trinajstić information content (AvgIpc) is 2.49. The highest BCUT2D eigenvalue weighted by molar-refractivity contribution is 5.49. The van der Waals surface area contributed by atoms with E-state index < -0.39 is 4.92 Å². The van der Waals surface area contributed by atoms with Gasteiger partial charge in [0.05, 0.1) is 24.7 Å². The maximum atomic E-state index is 10.8. The molecular weight excluding hydrogens is 278 g/mol. The zero-order valence-electron chi connectivity index (χ0n) is 11.7. The molecule has 1 aromatic carbocycles. The third kappa shape index (κ3) is 7.38. The van der Waals surface area contributed by atoms with Gasteiger partial charge in [0.1, 0.15) is 12.9 Å². The number of carbonyl (C=O) groups is 1. The van der Waals surface area contributed by atoms with Gasteiger partial charge >= 0.3 is 5.69 Å². The Morgan fingerprint density at radius 3 is 2.43 bits per heavy atom. The minimum absolute atomic E-state index is 0.0592. The minimum Gasteiger partial charge on any atom is -0.484 e. The van der Waals surface area contributed by atoms with Crippen LogP contribution in [-0.4, -0.2) is 44.2 Å². The Morgan fingerprint density at radius 2 is 1.71 bits per heavy atom. The lowest BCUT2D eigenvalue weighted by Gasteiger charge is -2.07. The number of nitro groups is 1. The molecule has 1 rings (SSSR count). The Bertz CT molecular complexity index is 437. The normalized spacial score (nSPS) is 10.3. The van der Waals surface area contributed by atoms with E-state index in [0.717, 1.165) is 6.29 Å². The molecule has 0 saturated heterocycles. The molecule has 0 aromatic heterocycles. The molecule has 7 nitrogen and oxygen atoms in total. The summed E-state index contributed by atoms with van der Waals surface area (Å²) < 4.78 is 15.8. The van der Waals surface area contributed by atoms with E-state index in [4.69, 9.17) is 14.2 Å². The molecule has 0 fully saturated rings. The first kappa shape index (κ1) is 17.1. The van der Waals surface area contributed by atoms with Gasteiger partial charge in [-0.15, -0.1) is 0 Å². The van der Waals surface area contributed by atoms with Crippen molar-refractivity contribution >= 4 is 12.0 Å². The van der Waals surface area contributed by atoms with Gasteiger partial charge in [0.15, 0.2) is 5.75 Å². The van der Waals surface area contributed by atoms with Crippen LogP contribution in [0.15, 0.2) is 24.3 Å². The number of unbranched alkanes of at least 4 members (excludes halogenated alkanes) is 1. The van der Waals surface area contributed by atoms with Crippen molar-refractivity contribution < 1.29 is 23.9 Å². The third-order valence-corrected chi connectivity index (χ3v) is 2.53. The summed E-state index contributed by atoms with van der Waals surface area (Å²) in [5.41, 5.74) is -0.0592. The number of hydrogen-bond acceptors (Lipinski definition) is 6. The molecule has 0 aliphatic rings. The Morgan fingerprint density at radius 1 is 1.05 bits per heavy atom. The summed E-state index contributed by atoms with van der Waals surface area (Å²) in [6.45, 7) is 1.96. The molecule has 0 atom stereocenters. The molecule has 0 bridgehead atoms. The zero-order chi connectivity index (χ0) is 15.3. The van der Waals surface area contributed by atoms with Crippen molar-refractivity contribution in [2.24, 2.45) is 0 Å². The molecule has 1 aromatic rings. The van der Waals surface area contributed by atoms with Crippen LogP contribution in [0.1, 0.15) is 12.8 Å². The smallest absolute Gasteiger partial charge is 0.310 e. The second-order valence-corrected chi connectivity index (χ2v) is 4.11. The van der Waals surface area contributed by atoms with E-state index >= 15 is 0 Å². The van der Waals surface area contributed by atoms with Crippen molar-refractivity contribution in [1.29, 1.82) is 0 Å². The van der Waals surface area contributed by atoms with Crippen molar-refractivity contribution in [2.75, 3.05) is 33.0 Å². The van der Waals surface area contributed by atoms with E-state index in [1.54, 1.807) is 18.2 Å². The maximum Gasteiger partial charge on any atom is 0.310 e. The molecule has 0 spiro atoms. The Balaban J connectivity index is 2.07. The van der Waals surface area contributed by atoms with E-state index in [-0.39, 0.29) is 18.0 Å². The van der Waals surface area contributed by atoms with Crippen LogP contribution in [0, 0.1) is 10.1 Å². The summed E-state index contributed by atoms with van der Waals surface area (Å²) in [5, 5.41) is 10.8. The second kappa shape index (κ2) is 10.8. The van der Waals surface area contributed by atoms with Crippen LogP contribution >= 0.6 is 0 Å². The van der Waals surface area contributed by atoms with E-state index in [0.29, 0.717) is 39.3 Å². The summed E-state index contributed by atoms with van der Waals surface area (Å²) in [6, 6.07) is 6.21. The van der Waals surface area contributed by atoms with Gasteiger partial charge in [-0.2, -0.15) is 0 Å². The SMILES string of the molecule is O=CCCCOCCOCCOc1ccccc1[N+](=O)[O-]. The fourth-order valence-corrected chi connectivity index (χ4v) is 1.53. The van der Waals surface area contributed by atoms with Crippen LogP contribution < -0.4 is 4.74 Å². The standard InChI is InChI=1S/C14H19NO6/c16-7-3-4-8-19-9-10-20-11-12-21-14-6-2-1-5-13(14)15(17)18/h1-2,5-7H,3-4,8-12H2. The van der Waals surface area contributed by atoms with E-state index in [2.05, 4.69) is 0 Å². The second-order valence-electron chi connectivity index (χ2n) is 4.11. The highest BCUT2D eigenvalue weighted by Gasteiger charge is 2.12. The minimum atomic E-state index is -0.483. The number of nitro benzene ring substituents is 1. The van der Waals surface area contributed by atoms with Gasteiger partial charge in [-0.05, 0) is 12.5 Å². The number of para-hydroxylation sites is 2. The molecule has 0 amide bonds. The van der Waals surface area contributed by atoms with Gasteiger partial charge in [-0.3, -0.25) is 10.1 Å². The Kier molecular flexibility index (Phi) is 8.74. The quantitative estimate of drug-likeness (QED) is 0.254. The average molecular weight is 297 g/mol. The molecule has 0 unspecified atom stereocenters. The first-order valence-corrected chi connectivity index (χ1v) is 6.71. The van der Waals surface area contributed by atoms with E-state index in [1.165, 1.54) is 6.07 Å². The monoisotopic (exact) mass is 297 g/mol. The summed E-state index contributed by atoms with van der Waals surface area (Å²) in [5.74, 6) is 0.233. The Hall–Kier alpha value is -1.99. The molecule has 0 saturated carbocycles. The first-order chi connectivity index (χ1) is 10.3. The number of ether oxygens (including phenoxy) is 3. The predicted octanol–water partition coefficient (Wildman–Crippen LogP) is 1.99. The van der Waals surface area contributed by atoms with Gasteiger partial charge in [0, 0.05) is 19.1 Å². The summed E-state index contributed by atoms with van der Waals surface area (Å²) >= 11 is 0. The molecule has 0 aliphatic carbocycles. The zero-order valence-corrected chi connectivity index (χ0v) is 11.7. The molecule has 0 heterocycles. The van der Waals surface area contributed by atoms with Crippen molar-refractivity contribution in [3.63, 3.8) is 0 Å². The fraction of sp³-hybridized carbons (Fsp3) is 0.500. The van der Waals surface area contributed by atoms with Crippen molar-refractivity contribution in [3.05, 3.63) is 34.4 Å².